The standard InChI is InChI=1S/C12H17NO2/c1-13-12(6-7-12)10-8-9(14-2)4-5-11(10)15-3/h4-5,8,13H,6-7H2,1-3H3. The summed E-state index contributed by atoms with van der Waals surface area (Å²) in [5, 5.41) is 3.36. The summed E-state index contributed by atoms with van der Waals surface area (Å²) in [6.45, 7) is 0. The van der Waals surface area contributed by atoms with Crippen LogP contribution in [0.25, 0.3) is 0 Å². The Morgan fingerprint density at radius 1 is 1.20 bits per heavy atom. The molecular weight excluding hydrogens is 190 g/mol. The van der Waals surface area contributed by atoms with Crippen LogP contribution in [0.15, 0.2) is 18.2 Å². The SMILES string of the molecule is CNC1(c2cc(OC)ccc2OC)CC1. The second kappa shape index (κ2) is 3.74. The van der Waals surface area contributed by atoms with Gasteiger partial charge in [0.05, 0.1) is 14.2 Å². The van der Waals surface area contributed by atoms with E-state index in [1.54, 1.807) is 14.2 Å². The Hall–Kier alpha value is -1.22. The Morgan fingerprint density at radius 3 is 2.40 bits per heavy atom. The topological polar surface area (TPSA) is 30.5 Å². The quantitative estimate of drug-likeness (QED) is 0.818. The molecule has 1 N–H and O–H groups in total. The molecule has 1 fully saturated rings. The number of ether oxygens (including phenoxy) is 2. The van der Waals surface area contributed by atoms with Crippen molar-refractivity contribution in [2.45, 2.75) is 18.4 Å². The molecule has 3 heteroatoms. The van der Waals surface area contributed by atoms with Crippen molar-refractivity contribution >= 4 is 0 Å². The molecule has 1 aromatic carbocycles. The van der Waals surface area contributed by atoms with Crippen LogP contribution in [0.2, 0.25) is 0 Å². The van der Waals surface area contributed by atoms with Crippen LogP contribution in [-0.4, -0.2) is 21.3 Å². The third-order valence-corrected chi connectivity index (χ3v) is 3.15. The van der Waals surface area contributed by atoms with E-state index in [0.29, 0.717) is 0 Å². The van der Waals surface area contributed by atoms with E-state index in [1.165, 1.54) is 5.56 Å². The largest absolute Gasteiger partial charge is 0.497 e. The zero-order valence-electron chi connectivity index (χ0n) is 9.46. The van der Waals surface area contributed by atoms with Gasteiger partial charge in [-0.05, 0) is 38.1 Å². The van der Waals surface area contributed by atoms with Gasteiger partial charge in [-0.1, -0.05) is 0 Å². The van der Waals surface area contributed by atoms with Crippen molar-refractivity contribution in [3.8, 4) is 11.5 Å². The summed E-state index contributed by atoms with van der Waals surface area (Å²) in [6, 6.07) is 5.95. The molecule has 0 saturated heterocycles. The van der Waals surface area contributed by atoms with E-state index in [0.717, 1.165) is 24.3 Å². The second-order valence-electron chi connectivity index (χ2n) is 3.90. The molecule has 0 spiro atoms. The van der Waals surface area contributed by atoms with Gasteiger partial charge in [0.15, 0.2) is 0 Å². The number of nitrogens with one attached hydrogen (secondary N) is 1. The summed E-state index contributed by atoms with van der Waals surface area (Å²) in [7, 11) is 5.38. The average molecular weight is 207 g/mol. The van der Waals surface area contributed by atoms with Gasteiger partial charge >= 0.3 is 0 Å². The lowest BCUT2D eigenvalue weighted by Gasteiger charge is -2.18. The Bertz CT molecular complexity index is 359. The fourth-order valence-electron chi connectivity index (χ4n) is 1.97. The fraction of sp³-hybridized carbons (Fsp3) is 0.500. The molecule has 0 heterocycles. The van der Waals surface area contributed by atoms with Crippen LogP contribution in [0.1, 0.15) is 18.4 Å². The smallest absolute Gasteiger partial charge is 0.124 e. The predicted molar refractivity (Wildman–Crippen MR) is 59.5 cm³/mol. The summed E-state index contributed by atoms with van der Waals surface area (Å²) in [6.07, 6.45) is 2.32. The van der Waals surface area contributed by atoms with Crippen LogP contribution in [0.3, 0.4) is 0 Å². The van der Waals surface area contributed by atoms with Crippen molar-refractivity contribution in [1.82, 2.24) is 5.32 Å². The van der Waals surface area contributed by atoms with E-state index in [4.69, 9.17) is 9.47 Å². The molecule has 0 atom stereocenters. The summed E-state index contributed by atoms with van der Waals surface area (Å²) in [4.78, 5) is 0. The normalized spacial score (nSPS) is 17.3. The van der Waals surface area contributed by atoms with Gasteiger partial charge in [0.25, 0.3) is 0 Å². The minimum atomic E-state index is 0.111. The number of hydrogen-bond acceptors (Lipinski definition) is 3. The molecule has 3 nitrogen and oxygen atoms in total. The number of benzene rings is 1. The van der Waals surface area contributed by atoms with Crippen molar-refractivity contribution in [1.29, 1.82) is 0 Å². The van der Waals surface area contributed by atoms with Crippen LogP contribution < -0.4 is 14.8 Å². The monoisotopic (exact) mass is 207 g/mol. The molecule has 1 aliphatic carbocycles. The van der Waals surface area contributed by atoms with Crippen LogP contribution in [0.5, 0.6) is 11.5 Å². The van der Waals surface area contributed by atoms with Crippen molar-refractivity contribution < 1.29 is 9.47 Å². The molecule has 82 valence electrons. The summed E-state index contributed by atoms with van der Waals surface area (Å²) in [5.74, 6) is 1.81. The molecule has 1 aliphatic rings. The molecule has 0 bridgehead atoms. The minimum absolute atomic E-state index is 0.111. The van der Waals surface area contributed by atoms with Gasteiger partial charge in [0.1, 0.15) is 11.5 Å². The lowest BCUT2D eigenvalue weighted by molar-refractivity contribution is 0.389. The molecule has 0 aromatic heterocycles. The minimum Gasteiger partial charge on any atom is -0.497 e. The number of hydrogen-bond donors (Lipinski definition) is 1. The molecule has 1 aromatic rings. The molecule has 15 heavy (non-hydrogen) atoms. The maximum atomic E-state index is 5.38. The third kappa shape index (κ3) is 1.67. The first-order valence-electron chi connectivity index (χ1n) is 5.17. The van der Waals surface area contributed by atoms with Crippen LogP contribution in [-0.2, 0) is 5.54 Å². The molecule has 2 rings (SSSR count). The van der Waals surface area contributed by atoms with Crippen LogP contribution in [0, 0.1) is 0 Å². The number of methoxy groups -OCH3 is 2. The van der Waals surface area contributed by atoms with E-state index < -0.39 is 0 Å². The van der Waals surface area contributed by atoms with Crippen molar-refractivity contribution in [2.75, 3.05) is 21.3 Å². The van der Waals surface area contributed by atoms with E-state index in [-0.39, 0.29) is 5.54 Å². The molecule has 0 amide bonds. The second-order valence-corrected chi connectivity index (χ2v) is 3.90. The number of rotatable bonds is 4. The molecule has 1 saturated carbocycles. The Morgan fingerprint density at radius 2 is 1.93 bits per heavy atom. The van der Waals surface area contributed by atoms with Crippen molar-refractivity contribution in [2.24, 2.45) is 0 Å². The Labute approximate surface area is 90.4 Å². The zero-order valence-corrected chi connectivity index (χ0v) is 9.46. The lowest BCUT2D eigenvalue weighted by atomic mass is 10.0. The third-order valence-electron chi connectivity index (χ3n) is 3.15. The van der Waals surface area contributed by atoms with Crippen LogP contribution in [0.4, 0.5) is 0 Å². The van der Waals surface area contributed by atoms with Gasteiger partial charge in [-0.2, -0.15) is 0 Å². The maximum Gasteiger partial charge on any atom is 0.124 e. The van der Waals surface area contributed by atoms with Gasteiger partial charge in [0, 0.05) is 11.1 Å². The van der Waals surface area contributed by atoms with Crippen molar-refractivity contribution in [3.05, 3.63) is 23.8 Å². The maximum absolute atomic E-state index is 5.38. The van der Waals surface area contributed by atoms with Gasteiger partial charge < -0.3 is 14.8 Å². The van der Waals surface area contributed by atoms with E-state index in [9.17, 15) is 0 Å². The van der Waals surface area contributed by atoms with Crippen LogP contribution >= 0.6 is 0 Å². The highest BCUT2D eigenvalue weighted by molar-refractivity contribution is 5.47. The molecule has 0 unspecified atom stereocenters. The highest BCUT2D eigenvalue weighted by Crippen LogP contribution is 2.49. The first-order valence-corrected chi connectivity index (χ1v) is 5.17. The molecule has 0 radical (unpaired) electrons. The Balaban J connectivity index is 2.42. The van der Waals surface area contributed by atoms with E-state index >= 15 is 0 Å². The highest BCUT2D eigenvalue weighted by Gasteiger charge is 2.44. The fourth-order valence-corrected chi connectivity index (χ4v) is 1.97. The van der Waals surface area contributed by atoms with Gasteiger partial charge in [0.2, 0.25) is 0 Å². The van der Waals surface area contributed by atoms with E-state index in [1.807, 2.05) is 19.2 Å². The van der Waals surface area contributed by atoms with E-state index in [2.05, 4.69) is 11.4 Å². The lowest BCUT2D eigenvalue weighted by Crippen LogP contribution is -2.25. The van der Waals surface area contributed by atoms with Crippen molar-refractivity contribution in [3.63, 3.8) is 0 Å². The molecular formula is C12H17NO2. The summed E-state index contributed by atoms with van der Waals surface area (Å²) >= 11 is 0. The summed E-state index contributed by atoms with van der Waals surface area (Å²) < 4.78 is 10.6. The van der Waals surface area contributed by atoms with Gasteiger partial charge in [-0.15, -0.1) is 0 Å². The first kappa shape index (κ1) is 10.3. The first-order chi connectivity index (χ1) is 7.25. The Kier molecular flexibility index (Phi) is 2.57. The summed E-state index contributed by atoms with van der Waals surface area (Å²) in [5.41, 5.74) is 1.31. The highest BCUT2D eigenvalue weighted by atomic mass is 16.5. The molecule has 0 aliphatic heterocycles. The van der Waals surface area contributed by atoms with Gasteiger partial charge in [-0.25, -0.2) is 0 Å². The average Bonchev–Trinajstić information content (AvgIpc) is 3.09. The zero-order chi connectivity index (χ0) is 10.9. The predicted octanol–water partition coefficient (Wildman–Crippen LogP) is 1.91. The van der Waals surface area contributed by atoms with Gasteiger partial charge in [-0.3, -0.25) is 0 Å².